The number of benzene rings is 1. The highest BCUT2D eigenvalue weighted by atomic mass is 79.9. The number of ether oxygens (including phenoxy) is 1. The van der Waals surface area contributed by atoms with Crippen molar-refractivity contribution < 1.29 is 22.7 Å². The van der Waals surface area contributed by atoms with Gasteiger partial charge in [0.2, 0.25) is 0 Å². The van der Waals surface area contributed by atoms with Crippen LogP contribution in [0.2, 0.25) is 0 Å². The summed E-state index contributed by atoms with van der Waals surface area (Å²) in [7, 11) is 1.50. The second-order valence-corrected chi connectivity index (χ2v) is 5.84. The van der Waals surface area contributed by atoms with E-state index in [1.807, 2.05) is 0 Å². The zero-order chi connectivity index (χ0) is 15.6. The fourth-order valence-electron chi connectivity index (χ4n) is 2.41. The highest BCUT2D eigenvalue weighted by Gasteiger charge is 2.42. The van der Waals surface area contributed by atoms with Gasteiger partial charge in [-0.1, -0.05) is 0 Å². The molecule has 1 heterocycles. The molecule has 1 amide bonds. The molecule has 0 N–H and O–H groups in total. The topological polar surface area (TPSA) is 29.5 Å². The van der Waals surface area contributed by atoms with E-state index in [-0.39, 0.29) is 18.9 Å². The van der Waals surface area contributed by atoms with Crippen molar-refractivity contribution >= 4 is 21.8 Å². The number of carbonyl (C=O) groups is 1. The summed E-state index contributed by atoms with van der Waals surface area (Å²) in [5.74, 6) is -1.25. The molecule has 1 aromatic carbocycles. The van der Waals surface area contributed by atoms with Gasteiger partial charge in [-0.05, 0) is 47.0 Å². The van der Waals surface area contributed by atoms with Crippen molar-refractivity contribution in [3.05, 3.63) is 28.2 Å². The van der Waals surface area contributed by atoms with Crippen LogP contribution in [-0.2, 0) is 0 Å². The smallest absolute Gasteiger partial charge is 0.393 e. The molecule has 0 aromatic heterocycles. The van der Waals surface area contributed by atoms with Crippen LogP contribution in [0.4, 0.5) is 13.2 Å². The number of piperidine rings is 1. The third kappa shape index (κ3) is 3.70. The van der Waals surface area contributed by atoms with E-state index >= 15 is 0 Å². The molecule has 1 aromatic rings. The highest BCUT2D eigenvalue weighted by Crippen LogP contribution is 2.34. The van der Waals surface area contributed by atoms with Crippen molar-refractivity contribution in [2.45, 2.75) is 19.0 Å². The highest BCUT2D eigenvalue weighted by molar-refractivity contribution is 9.10. The lowest BCUT2D eigenvalue weighted by atomic mass is 9.97. The molecule has 21 heavy (non-hydrogen) atoms. The number of hydrogen-bond donors (Lipinski definition) is 0. The summed E-state index contributed by atoms with van der Waals surface area (Å²) >= 11 is 3.27. The largest absolute Gasteiger partial charge is 0.496 e. The average molecular weight is 366 g/mol. The second kappa shape index (κ2) is 6.25. The number of amides is 1. The van der Waals surface area contributed by atoms with Gasteiger partial charge in [0.15, 0.2) is 0 Å². The first-order valence-corrected chi connectivity index (χ1v) is 7.31. The van der Waals surface area contributed by atoms with E-state index in [1.54, 1.807) is 18.2 Å². The molecule has 1 saturated heterocycles. The van der Waals surface area contributed by atoms with Gasteiger partial charge in [0.05, 0.1) is 17.5 Å². The van der Waals surface area contributed by atoms with Crippen molar-refractivity contribution in [2.24, 2.45) is 5.92 Å². The molecule has 0 radical (unpaired) electrons. The molecule has 2 rings (SSSR count). The van der Waals surface area contributed by atoms with Crippen LogP contribution >= 0.6 is 15.9 Å². The normalized spacial score (nSPS) is 19.5. The van der Waals surface area contributed by atoms with Crippen molar-refractivity contribution in [1.82, 2.24) is 4.90 Å². The Labute approximate surface area is 129 Å². The Bertz CT molecular complexity index is 533. The third-order valence-electron chi connectivity index (χ3n) is 3.57. The standard InChI is InChI=1S/C14H15BrF3NO2/c1-21-12-5-4-9(7-11(12)15)13(20)19-6-2-3-10(8-19)14(16,17)18/h4-5,7,10H,2-3,6,8H2,1H3. The molecule has 0 saturated carbocycles. The first kappa shape index (κ1) is 16.1. The average Bonchev–Trinajstić information content (AvgIpc) is 2.45. The summed E-state index contributed by atoms with van der Waals surface area (Å²) in [6.45, 7) is 0.0844. The lowest BCUT2D eigenvalue weighted by Gasteiger charge is -2.33. The van der Waals surface area contributed by atoms with Gasteiger partial charge in [-0.15, -0.1) is 0 Å². The van der Waals surface area contributed by atoms with Gasteiger partial charge >= 0.3 is 6.18 Å². The van der Waals surface area contributed by atoms with Gasteiger partial charge < -0.3 is 9.64 Å². The molecule has 116 valence electrons. The Hall–Kier alpha value is -1.24. The molecule has 7 heteroatoms. The van der Waals surface area contributed by atoms with Crippen molar-refractivity contribution in [3.8, 4) is 5.75 Å². The van der Waals surface area contributed by atoms with Gasteiger partial charge in [-0.2, -0.15) is 13.2 Å². The van der Waals surface area contributed by atoms with Gasteiger partial charge in [0.1, 0.15) is 5.75 Å². The van der Waals surface area contributed by atoms with E-state index in [1.165, 1.54) is 12.0 Å². The molecule has 0 bridgehead atoms. The zero-order valence-corrected chi connectivity index (χ0v) is 13.0. The molecule has 0 aliphatic carbocycles. The van der Waals surface area contributed by atoms with Crippen LogP contribution < -0.4 is 4.74 Å². The number of nitrogens with zero attached hydrogens (tertiary/aromatic N) is 1. The Morgan fingerprint density at radius 2 is 2.14 bits per heavy atom. The summed E-state index contributed by atoms with van der Waals surface area (Å²) in [6, 6.07) is 4.74. The van der Waals surface area contributed by atoms with Crippen molar-refractivity contribution in [1.29, 1.82) is 0 Å². The SMILES string of the molecule is COc1ccc(C(=O)N2CCCC(C(F)(F)F)C2)cc1Br. The van der Waals surface area contributed by atoms with Crippen LogP contribution in [0.5, 0.6) is 5.75 Å². The Morgan fingerprint density at radius 3 is 2.71 bits per heavy atom. The summed E-state index contributed by atoms with van der Waals surface area (Å²) in [4.78, 5) is 13.6. The number of methoxy groups -OCH3 is 1. The van der Waals surface area contributed by atoms with E-state index in [9.17, 15) is 18.0 Å². The van der Waals surface area contributed by atoms with E-state index in [2.05, 4.69) is 15.9 Å². The molecule has 0 spiro atoms. The quantitative estimate of drug-likeness (QED) is 0.795. The Balaban J connectivity index is 2.14. The molecule has 1 unspecified atom stereocenters. The van der Waals surface area contributed by atoms with Gasteiger partial charge in [0.25, 0.3) is 5.91 Å². The maximum absolute atomic E-state index is 12.8. The number of halogens is 4. The molecule has 1 fully saturated rings. The maximum Gasteiger partial charge on any atom is 0.393 e. The molecule has 1 aliphatic rings. The number of rotatable bonds is 2. The predicted octanol–water partition coefficient (Wildman–Crippen LogP) is 3.87. The monoisotopic (exact) mass is 365 g/mol. The minimum absolute atomic E-state index is 0.0829. The maximum atomic E-state index is 12.8. The van der Waals surface area contributed by atoms with Crippen molar-refractivity contribution in [3.63, 3.8) is 0 Å². The van der Waals surface area contributed by atoms with Crippen LogP contribution in [0.15, 0.2) is 22.7 Å². The summed E-state index contributed by atoms with van der Waals surface area (Å²) in [6.07, 6.45) is -3.80. The van der Waals surface area contributed by atoms with Crippen LogP contribution in [0.25, 0.3) is 0 Å². The minimum Gasteiger partial charge on any atom is -0.496 e. The predicted molar refractivity (Wildman–Crippen MR) is 75.4 cm³/mol. The zero-order valence-electron chi connectivity index (χ0n) is 11.4. The van der Waals surface area contributed by atoms with Gasteiger partial charge in [-0.3, -0.25) is 4.79 Å². The van der Waals surface area contributed by atoms with Gasteiger partial charge in [-0.25, -0.2) is 0 Å². The number of likely N-dealkylation sites (tertiary alicyclic amines) is 1. The van der Waals surface area contributed by atoms with E-state index in [0.29, 0.717) is 28.8 Å². The summed E-state index contributed by atoms with van der Waals surface area (Å²) in [5, 5.41) is 0. The van der Waals surface area contributed by atoms with Crippen LogP contribution in [0, 0.1) is 5.92 Å². The Kier molecular flexibility index (Phi) is 4.81. The second-order valence-electron chi connectivity index (χ2n) is 4.98. The summed E-state index contributed by atoms with van der Waals surface area (Å²) in [5.41, 5.74) is 0.352. The molecular formula is C14H15BrF3NO2. The van der Waals surface area contributed by atoms with Gasteiger partial charge in [0, 0.05) is 18.7 Å². The third-order valence-corrected chi connectivity index (χ3v) is 4.19. The van der Waals surface area contributed by atoms with E-state index in [0.717, 1.165) is 0 Å². The minimum atomic E-state index is -4.25. The fraction of sp³-hybridized carbons (Fsp3) is 0.500. The molecule has 3 nitrogen and oxygen atoms in total. The first-order chi connectivity index (χ1) is 9.82. The van der Waals surface area contributed by atoms with Crippen LogP contribution in [0.1, 0.15) is 23.2 Å². The fourth-order valence-corrected chi connectivity index (χ4v) is 2.95. The lowest BCUT2D eigenvalue weighted by molar-refractivity contribution is -0.184. The van der Waals surface area contributed by atoms with Crippen molar-refractivity contribution in [2.75, 3.05) is 20.2 Å². The Morgan fingerprint density at radius 1 is 1.43 bits per heavy atom. The number of alkyl halides is 3. The van der Waals surface area contributed by atoms with E-state index < -0.39 is 12.1 Å². The van der Waals surface area contributed by atoms with Crippen LogP contribution in [0.3, 0.4) is 0 Å². The molecular weight excluding hydrogens is 351 g/mol. The molecule has 1 atom stereocenters. The van der Waals surface area contributed by atoms with Crippen LogP contribution in [-0.4, -0.2) is 37.2 Å². The van der Waals surface area contributed by atoms with E-state index in [4.69, 9.17) is 4.74 Å². The molecule has 1 aliphatic heterocycles. The number of carbonyl (C=O) groups excluding carboxylic acids is 1. The lowest BCUT2D eigenvalue weighted by Crippen LogP contribution is -2.44. The first-order valence-electron chi connectivity index (χ1n) is 6.52. The summed E-state index contributed by atoms with van der Waals surface area (Å²) < 4.78 is 44.0. The number of hydrogen-bond acceptors (Lipinski definition) is 2.